The fraction of sp³-hybridized carbons (Fsp3) is 0.150. The van der Waals surface area contributed by atoms with E-state index < -0.39 is 5.97 Å². The minimum atomic E-state index is -0.551. The molecule has 0 aliphatic carbocycles. The van der Waals surface area contributed by atoms with Crippen molar-refractivity contribution in [2.75, 3.05) is 21.3 Å². The van der Waals surface area contributed by atoms with Crippen LogP contribution >= 0.6 is 0 Å². The molecule has 0 fully saturated rings. The van der Waals surface area contributed by atoms with Gasteiger partial charge in [0.1, 0.15) is 11.3 Å². The standard InChI is InChI=1S/C20H18O5/c1-22-16-9-6-10-17(23-2)19(16)25-20(21)15-11-13-7-4-5-8-14(13)12-18(15)24-3/h4-12H,1-3H3. The summed E-state index contributed by atoms with van der Waals surface area (Å²) in [5.41, 5.74) is 0.328. The van der Waals surface area contributed by atoms with Gasteiger partial charge in [0.15, 0.2) is 11.5 Å². The predicted molar refractivity (Wildman–Crippen MR) is 95.0 cm³/mol. The fourth-order valence-electron chi connectivity index (χ4n) is 2.61. The number of ether oxygens (including phenoxy) is 4. The second kappa shape index (κ2) is 7.13. The zero-order valence-electron chi connectivity index (χ0n) is 14.2. The Labute approximate surface area is 145 Å². The van der Waals surface area contributed by atoms with E-state index >= 15 is 0 Å². The molecule has 0 heterocycles. The summed E-state index contributed by atoms with van der Waals surface area (Å²) in [6.45, 7) is 0. The van der Waals surface area contributed by atoms with Gasteiger partial charge in [-0.2, -0.15) is 0 Å². The highest BCUT2D eigenvalue weighted by atomic mass is 16.6. The first-order valence-electron chi connectivity index (χ1n) is 7.68. The van der Waals surface area contributed by atoms with Crippen LogP contribution in [-0.4, -0.2) is 27.3 Å². The molecule has 3 aromatic rings. The molecule has 0 spiro atoms. The summed E-state index contributed by atoms with van der Waals surface area (Å²) >= 11 is 0. The fourth-order valence-corrected chi connectivity index (χ4v) is 2.61. The van der Waals surface area contributed by atoms with Gasteiger partial charge in [-0.25, -0.2) is 4.79 Å². The van der Waals surface area contributed by atoms with Crippen LogP contribution in [0.15, 0.2) is 54.6 Å². The molecule has 0 aromatic heterocycles. The molecule has 0 unspecified atom stereocenters. The van der Waals surface area contributed by atoms with Gasteiger partial charge in [0.25, 0.3) is 0 Å². The molecule has 0 aliphatic heterocycles. The number of rotatable bonds is 5. The molecule has 0 amide bonds. The van der Waals surface area contributed by atoms with Crippen LogP contribution in [0.5, 0.6) is 23.0 Å². The lowest BCUT2D eigenvalue weighted by molar-refractivity contribution is 0.0721. The maximum absolute atomic E-state index is 12.8. The van der Waals surface area contributed by atoms with Crippen LogP contribution in [0.4, 0.5) is 0 Å². The number of esters is 1. The van der Waals surface area contributed by atoms with Crippen LogP contribution in [0.2, 0.25) is 0 Å². The highest BCUT2D eigenvalue weighted by Crippen LogP contribution is 2.38. The molecule has 5 nitrogen and oxygen atoms in total. The summed E-state index contributed by atoms with van der Waals surface area (Å²) in [5.74, 6) is 0.940. The van der Waals surface area contributed by atoms with Crippen molar-refractivity contribution in [2.24, 2.45) is 0 Å². The van der Waals surface area contributed by atoms with Crippen molar-refractivity contribution in [3.05, 3.63) is 60.2 Å². The van der Waals surface area contributed by atoms with Crippen LogP contribution < -0.4 is 18.9 Å². The molecule has 0 saturated heterocycles. The molecule has 25 heavy (non-hydrogen) atoms. The maximum Gasteiger partial charge on any atom is 0.347 e. The molecule has 0 saturated carbocycles. The number of methoxy groups -OCH3 is 3. The zero-order chi connectivity index (χ0) is 17.8. The summed E-state index contributed by atoms with van der Waals surface area (Å²) < 4.78 is 21.5. The average molecular weight is 338 g/mol. The van der Waals surface area contributed by atoms with Crippen LogP contribution in [0.3, 0.4) is 0 Å². The monoisotopic (exact) mass is 338 g/mol. The summed E-state index contributed by atoms with van der Waals surface area (Å²) in [5, 5.41) is 1.90. The predicted octanol–water partition coefficient (Wildman–Crippen LogP) is 4.08. The van der Waals surface area contributed by atoms with E-state index in [4.69, 9.17) is 18.9 Å². The quantitative estimate of drug-likeness (QED) is 0.518. The molecule has 0 radical (unpaired) electrons. The van der Waals surface area contributed by atoms with E-state index in [9.17, 15) is 4.79 Å². The van der Waals surface area contributed by atoms with Crippen molar-refractivity contribution in [3.8, 4) is 23.0 Å². The highest BCUT2D eigenvalue weighted by molar-refractivity contribution is 6.00. The Bertz CT molecular complexity index is 895. The summed E-state index contributed by atoms with van der Waals surface area (Å²) in [6.07, 6.45) is 0. The minimum absolute atomic E-state index is 0.229. The summed E-state index contributed by atoms with van der Waals surface area (Å²) in [6, 6.07) is 16.4. The average Bonchev–Trinajstić information content (AvgIpc) is 2.66. The molecule has 0 aliphatic rings. The van der Waals surface area contributed by atoms with Gasteiger partial charge < -0.3 is 18.9 Å². The molecular formula is C20H18O5. The van der Waals surface area contributed by atoms with Gasteiger partial charge in [0.2, 0.25) is 5.75 Å². The molecule has 0 bridgehead atoms. The van der Waals surface area contributed by atoms with Crippen LogP contribution in [0, 0.1) is 0 Å². The van der Waals surface area contributed by atoms with E-state index in [2.05, 4.69) is 0 Å². The second-order valence-electron chi connectivity index (χ2n) is 5.28. The van der Waals surface area contributed by atoms with Gasteiger partial charge in [0.05, 0.1) is 21.3 Å². The lowest BCUT2D eigenvalue weighted by Gasteiger charge is -2.14. The number of hydrogen-bond donors (Lipinski definition) is 0. The van der Waals surface area contributed by atoms with Crippen molar-refractivity contribution in [1.29, 1.82) is 0 Å². The van der Waals surface area contributed by atoms with Crippen molar-refractivity contribution in [3.63, 3.8) is 0 Å². The Kier molecular flexibility index (Phi) is 4.75. The highest BCUT2D eigenvalue weighted by Gasteiger charge is 2.20. The number of benzene rings is 3. The molecule has 3 rings (SSSR count). The number of carbonyl (C=O) groups is 1. The Hall–Kier alpha value is -3.21. The van der Waals surface area contributed by atoms with Crippen LogP contribution in [0.25, 0.3) is 10.8 Å². The van der Waals surface area contributed by atoms with Gasteiger partial charge in [-0.15, -0.1) is 0 Å². The normalized spacial score (nSPS) is 10.4. The van der Waals surface area contributed by atoms with Gasteiger partial charge in [-0.1, -0.05) is 30.3 Å². The topological polar surface area (TPSA) is 54.0 Å². The van der Waals surface area contributed by atoms with Crippen molar-refractivity contribution in [1.82, 2.24) is 0 Å². The number of para-hydroxylation sites is 1. The van der Waals surface area contributed by atoms with Crippen LogP contribution in [0.1, 0.15) is 10.4 Å². The van der Waals surface area contributed by atoms with Crippen molar-refractivity contribution < 1.29 is 23.7 Å². The third-order valence-corrected chi connectivity index (χ3v) is 3.87. The molecule has 3 aromatic carbocycles. The van der Waals surface area contributed by atoms with Crippen molar-refractivity contribution >= 4 is 16.7 Å². The first-order valence-corrected chi connectivity index (χ1v) is 7.68. The van der Waals surface area contributed by atoms with E-state index in [1.807, 2.05) is 30.3 Å². The lowest BCUT2D eigenvalue weighted by Crippen LogP contribution is -2.11. The Balaban J connectivity index is 2.03. The molecule has 0 N–H and O–H groups in total. The molecular weight excluding hydrogens is 320 g/mol. The third-order valence-electron chi connectivity index (χ3n) is 3.87. The Morgan fingerprint density at radius 3 is 1.84 bits per heavy atom. The minimum Gasteiger partial charge on any atom is -0.496 e. The van der Waals surface area contributed by atoms with Crippen LogP contribution in [-0.2, 0) is 0 Å². The van der Waals surface area contributed by atoms with Gasteiger partial charge in [-0.05, 0) is 35.0 Å². The number of fused-ring (bicyclic) bond motifs is 1. The first-order chi connectivity index (χ1) is 12.2. The third kappa shape index (κ3) is 3.21. The van der Waals surface area contributed by atoms with Gasteiger partial charge in [0, 0.05) is 0 Å². The van der Waals surface area contributed by atoms with E-state index in [-0.39, 0.29) is 5.75 Å². The van der Waals surface area contributed by atoms with Gasteiger partial charge in [-0.3, -0.25) is 0 Å². The van der Waals surface area contributed by atoms with Crippen molar-refractivity contribution in [2.45, 2.75) is 0 Å². The zero-order valence-corrected chi connectivity index (χ0v) is 14.2. The molecule has 0 atom stereocenters. The second-order valence-corrected chi connectivity index (χ2v) is 5.28. The number of carbonyl (C=O) groups excluding carboxylic acids is 1. The Morgan fingerprint density at radius 2 is 1.28 bits per heavy atom. The maximum atomic E-state index is 12.8. The number of hydrogen-bond acceptors (Lipinski definition) is 5. The molecule has 128 valence electrons. The SMILES string of the molecule is COc1cc2ccccc2cc1C(=O)Oc1c(OC)cccc1OC. The van der Waals surface area contributed by atoms with E-state index in [0.29, 0.717) is 22.8 Å². The first kappa shape index (κ1) is 16.6. The van der Waals surface area contributed by atoms with E-state index in [1.165, 1.54) is 21.3 Å². The largest absolute Gasteiger partial charge is 0.496 e. The summed E-state index contributed by atoms with van der Waals surface area (Å²) in [7, 11) is 4.52. The lowest BCUT2D eigenvalue weighted by atomic mass is 10.1. The molecule has 5 heteroatoms. The smallest absolute Gasteiger partial charge is 0.347 e. The van der Waals surface area contributed by atoms with Gasteiger partial charge >= 0.3 is 5.97 Å². The Morgan fingerprint density at radius 1 is 0.720 bits per heavy atom. The summed E-state index contributed by atoms with van der Waals surface area (Å²) in [4.78, 5) is 12.8. The van der Waals surface area contributed by atoms with E-state index in [0.717, 1.165) is 10.8 Å². The van der Waals surface area contributed by atoms with E-state index in [1.54, 1.807) is 24.3 Å².